The number of benzene rings is 1. The summed E-state index contributed by atoms with van der Waals surface area (Å²) in [7, 11) is 0. The second-order valence-electron chi connectivity index (χ2n) is 4.16. The molecule has 2 rings (SSSR count). The lowest BCUT2D eigenvalue weighted by Crippen LogP contribution is -2.43. The van der Waals surface area contributed by atoms with Crippen LogP contribution in [0, 0.1) is 0 Å². The number of aliphatic carboxylic acids is 1. The van der Waals surface area contributed by atoms with Crippen LogP contribution in [0.2, 0.25) is 0 Å². The summed E-state index contributed by atoms with van der Waals surface area (Å²) in [6.07, 6.45) is 0. The van der Waals surface area contributed by atoms with Gasteiger partial charge < -0.3 is 21.3 Å². The van der Waals surface area contributed by atoms with Gasteiger partial charge in [0.15, 0.2) is 6.04 Å². The molecule has 0 bridgehead atoms. The highest BCUT2D eigenvalue weighted by molar-refractivity contribution is 6.00. The lowest BCUT2D eigenvalue weighted by molar-refractivity contribution is -0.140. The van der Waals surface area contributed by atoms with E-state index in [0.717, 1.165) is 0 Å². The van der Waals surface area contributed by atoms with Gasteiger partial charge >= 0.3 is 5.97 Å². The van der Waals surface area contributed by atoms with Crippen LogP contribution >= 0.6 is 0 Å². The zero-order valence-electron chi connectivity index (χ0n) is 10.4. The molecule has 1 atom stereocenters. The fourth-order valence-corrected chi connectivity index (χ4v) is 1.74. The maximum Gasteiger partial charge on any atom is 0.328 e. The number of carboxylic acids is 1. The molecule has 0 fully saturated rings. The highest BCUT2D eigenvalue weighted by Gasteiger charge is 2.20. The first kappa shape index (κ1) is 13.8. The van der Waals surface area contributed by atoms with E-state index >= 15 is 0 Å². The predicted octanol–water partition coefficient (Wildman–Crippen LogP) is -0.00770. The molecule has 0 saturated carbocycles. The number of nitrogens with zero attached hydrogens (tertiary/aromatic N) is 1. The molecule has 20 heavy (non-hydrogen) atoms. The summed E-state index contributed by atoms with van der Waals surface area (Å²) < 4.78 is 0. The number of carbonyl (C=O) groups is 2. The van der Waals surface area contributed by atoms with E-state index in [0.29, 0.717) is 16.6 Å². The zero-order chi connectivity index (χ0) is 14.7. The Bertz CT molecular complexity index is 672. The topological polar surface area (TPSA) is 126 Å². The van der Waals surface area contributed by atoms with Crippen molar-refractivity contribution in [3.8, 4) is 0 Å². The Morgan fingerprint density at radius 3 is 2.70 bits per heavy atom. The number of anilines is 1. The Kier molecular flexibility index (Phi) is 3.81. The van der Waals surface area contributed by atoms with Crippen LogP contribution in [-0.4, -0.2) is 39.7 Å². The highest BCUT2D eigenvalue weighted by atomic mass is 16.4. The minimum absolute atomic E-state index is 0.000833. The van der Waals surface area contributed by atoms with Crippen LogP contribution in [0.4, 0.5) is 5.69 Å². The highest BCUT2D eigenvalue weighted by Crippen LogP contribution is 2.19. The number of carbonyl (C=O) groups excluding carboxylic acids is 1. The minimum Gasteiger partial charge on any atom is -0.480 e. The van der Waals surface area contributed by atoms with Gasteiger partial charge in [-0.3, -0.25) is 4.79 Å². The number of nitrogens with one attached hydrogen (secondary N) is 1. The number of fused-ring (bicyclic) bond motifs is 1. The summed E-state index contributed by atoms with van der Waals surface area (Å²) in [5, 5.41) is 20.5. The number of aliphatic hydroxyl groups is 1. The average Bonchev–Trinajstić information content (AvgIpc) is 2.44. The molecule has 5 N–H and O–H groups in total. The standard InChI is InChI=1S/C13H13N3O4/c14-8-5-10(12(18)16-11(6-17)13(19)20)15-9-4-2-1-3-7(8)9/h1-5,11,17H,6H2,(H2,14,15)(H,16,18)(H,19,20)/t11-/m1/s1. The van der Waals surface area contributed by atoms with Gasteiger partial charge in [0.25, 0.3) is 5.91 Å². The van der Waals surface area contributed by atoms with Crippen LogP contribution in [0.5, 0.6) is 0 Å². The van der Waals surface area contributed by atoms with E-state index in [-0.39, 0.29) is 5.69 Å². The Balaban J connectivity index is 2.33. The molecule has 0 radical (unpaired) electrons. The quantitative estimate of drug-likeness (QED) is 0.622. The lowest BCUT2D eigenvalue weighted by atomic mass is 10.1. The van der Waals surface area contributed by atoms with Gasteiger partial charge in [-0.2, -0.15) is 0 Å². The van der Waals surface area contributed by atoms with Gasteiger partial charge in [0.1, 0.15) is 5.69 Å². The molecule has 0 aliphatic rings. The second-order valence-corrected chi connectivity index (χ2v) is 4.16. The fourth-order valence-electron chi connectivity index (χ4n) is 1.74. The molecule has 1 amide bonds. The molecule has 7 heteroatoms. The third kappa shape index (κ3) is 2.67. The number of nitrogen functional groups attached to an aromatic ring is 1. The van der Waals surface area contributed by atoms with E-state index < -0.39 is 24.5 Å². The van der Waals surface area contributed by atoms with E-state index in [4.69, 9.17) is 15.9 Å². The molecule has 7 nitrogen and oxygen atoms in total. The predicted molar refractivity (Wildman–Crippen MR) is 72.1 cm³/mol. The number of carboxylic acid groups (broad SMARTS) is 1. The normalized spacial score (nSPS) is 12.1. The number of para-hydroxylation sites is 1. The van der Waals surface area contributed by atoms with Crippen molar-refractivity contribution in [3.63, 3.8) is 0 Å². The van der Waals surface area contributed by atoms with Crippen LogP contribution in [0.1, 0.15) is 10.5 Å². The van der Waals surface area contributed by atoms with Crippen LogP contribution in [0.3, 0.4) is 0 Å². The summed E-state index contributed by atoms with van der Waals surface area (Å²) in [5.74, 6) is -2.03. The summed E-state index contributed by atoms with van der Waals surface area (Å²) in [6.45, 7) is -0.704. The Morgan fingerprint density at radius 2 is 2.05 bits per heavy atom. The van der Waals surface area contributed by atoms with Gasteiger partial charge in [-0.1, -0.05) is 18.2 Å². The van der Waals surface area contributed by atoms with E-state index in [9.17, 15) is 9.59 Å². The SMILES string of the molecule is Nc1cc(C(=O)N[C@H](CO)C(=O)O)nc2ccccc12. The Labute approximate surface area is 114 Å². The van der Waals surface area contributed by atoms with E-state index in [1.807, 2.05) is 0 Å². The zero-order valence-corrected chi connectivity index (χ0v) is 10.4. The minimum atomic E-state index is -1.38. The molecule has 0 aliphatic carbocycles. The molecule has 1 aromatic carbocycles. The second kappa shape index (κ2) is 5.54. The van der Waals surface area contributed by atoms with Crippen molar-refractivity contribution in [1.82, 2.24) is 10.3 Å². The van der Waals surface area contributed by atoms with E-state index in [1.165, 1.54) is 6.07 Å². The van der Waals surface area contributed by atoms with Crippen LogP contribution in [0.15, 0.2) is 30.3 Å². The van der Waals surface area contributed by atoms with Crippen molar-refractivity contribution in [3.05, 3.63) is 36.0 Å². The van der Waals surface area contributed by atoms with Crippen molar-refractivity contribution in [2.75, 3.05) is 12.3 Å². The molecular formula is C13H13N3O4. The summed E-state index contributed by atoms with van der Waals surface area (Å²) >= 11 is 0. The van der Waals surface area contributed by atoms with E-state index in [2.05, 4.69) is 10.3 Å². The third-order valence-electron chi connectivity index (χ3n) is 2.77. The number of amides is 1. The first-order valence-electron chi connectivity index (χ1n) is 5.82. The molecule has 1 heterocycles. The third-order valence-corrected chi connectivity index (χ3v) is 2.77. The molecule has 0 spiro atoms. The van der Waals surface area contributed by atoms with Gasteiger partial charge in [0.2, 0.25) is 0 Å². The molecule has 0 saturated heterocycles. The Morgan fingerprint density at radius 1 is 1.35 bits per heavy atom. The van der Waals surface area contributed by atoms with Crippen molar-refractivity contribution in [2.45, 2.75) is 6.04 Å². The van der Waals surface area contributed by atoms with Gasteiger partial charge in [-0.05, 0) is 12.1 Å². The van der Waals surface area contributed by atoms with Crippen LogP contribution in [-0.2, 0) is 4.79 Å². The smallest absolute Gasteiger partial charge is 0.328 e. The van der Waals surface area contributed by atoms with E-state index in [1.54, 1.807) is 24.3 Å². The number of hydrogen-bond acceptors (Lipinski definition) is 5. The number of aliphatic hydroxyl groups excluding tert-OH is 1. The van der Waals surface area contributed by atoms with Gasteiger partial charge in [-0.25, -0.2) is 9.78 Å². The maximum atomic E-state index is 11.9. The largest absolute Gasteiger partial charge is 0.480 e. The van der Waals surface area contributed by atoms with Crippen molar-refractivity contribution in [2.24, 2.45) is 0 Å². The summed E-state index contributed by atoms with van der Waals surface area (Å²) in [6, 6.07) is 7.01. The van der Waals surface area contributed by atoms with Gasteiger partial charge in [-0.15, -0.1) is 0 Å². The Hall–Kier alpha value is -2.67. The monoisotopic (exact) mass is 275 g/mol. The van der Waals surface area contributed by atoms with Crippen molar-refractivity contribution < 1.29 is 19.8 Å². The summed E-state index contributed by atoms with van der Waals surface area (Å²) in [4.78, 5) is 26.8. The number of rotatable bonds is 4. The number of aromatic nitrogens is 1. The van der Waals surface area contributed by atoms with Gasteiger partial charge in [0.05, 0.1) is 12.1 Å². The first-order valence-corrected chi connectivity index (χ1v) is 5.82. The molecule has 0 aliphatic heterocycles. The van der Waals surface area contributed by atoms with Crippen molar-refractivity contribution in [1.29, 1.82) is 0 Å². The maximum absolute atomic E-state index is 11.9. The average molecular weight is 275 g/mol. The van der Waals surface area contributed by atoms with Crippen molar-refractivity contribution >= 4 is 28.5 Å². The molecule has 104 valence electrons. The van der Waals surface area contributed by atoms with Gasteiger partial charge in [0, 0.05) is 11.1 Å². The summed E-state index contributed by atoms with van der Waals surface area (Å²) in [5.41, 5.74) is 6.74. The molecule has 1 aromatic heterocycles. The molecular weight excluding hydrogens is 262 g/mol. The molecule has 2 aromatic rings. The lowest BCUT2D eigenvalue weighted by Gasteiger charge is -2.12. The number of hydrogen-bond donors (Lipinski definition) is 4. The van der Waals surface area contributed by atoms with Crippen LogP contribution in [0.25, 0.3) is 10.9 Å². The fraction of sp³-hybridized carbons (Fsp3) is 0.154. The molecule has 0 unspecified atom stereocenters. The first-order chi connectivity index (χ1) is 9.52. The van der Waals surface area contributed by atoms with Crippen LogP contribution < -0.4 is 11.1 Å². The number of pyridine rings is 1. The number of nitrogens with two attached hydrogens (primary N) is 1.